The van der Waals surface area contributed by atoms with Crippen LogP contribution >= 0.6 is 11.8 Å². The normalized spacial score (nSPS) is 16.2. The Hall–Kier alpha value is -1.72. The molecule has 0 spiro atoms. The first-order valence-electron chi connectivity index (χ1n) is 8.52. The van der Waals surface area contributed by atoms with Crippen LogP contribution in [0.5, 0.6) is 0 Å². The minimum absolute atomic E-state index is 0.0131. The summed E-state index contributed by atoms with van der Waals surface area (Å²) in [5, 5.41) is 3.09. The van der Waals surface area contributed by atoms with Crippen LogP contribution in [0.4, 0.5) is 0 Å². The van der Waals surface area contributed by atoms with E-state index in [2.05, 4.69) is 11.6 Å². The Balaban J connectivity index is 1.62. The number of carbonyl (C=O) groups excluding carboxylic acids is 1. The van der Waals surface area contributed by atoms with Crippen LogP contribution in [0.2, 0.25) is 0 Å². The quantitative estimate of drug-likeness (QED) is 0.809. The standard InChI is InChI=1S/C19H24N2O2S/c1-24-14-15-6-8-16(9-7-15)19(22)20-13-17(18-5-4-12-23-18)21-10-2-3-11-21/h4-9,12,17H,2-3,10-11,13-14H2,1H3,(H,20,22)/p+1/t17-/m0/s1. The fraction of sp³-hybridized carbons (Fsp3) is 0.421. The van der Waals surface area contributed by atoms with E-state index in [-0.39, 0.29) is 11.9 Å². The predicted molar refractivity (Wildman–Crippen MR) is 97.4 cm³/mol. The van der Waals surface area contributed by atoms with Gasteiger partial charge in [-0.05, 0) is 36.1 Å². The molecule has 1 fully saturated rings. The van der Waals surface area contributed by atoms with Gasteiger partial charge in [0.05, 0.1) is 25.9 Å². The summed E-state index contributed by atoms with van der Waals surface area (Å²) in [5.74, 6) is 1.92. The summed E-state index contributed by atoms with van der Waals surface area (Å²) in [6, 6.07) is 12.0. The first kappa shape index (κ1) is 17.1. The molecule has 1 aromatic carbocycles. The first-order chi connectivity index (χ1) is 11.8. The third kappa shape index (κ3) is 4.22. The number of furan rings is 1. The summed E-state index contributed by atoms with van der Waals surface area (Å²) in [6.45, 7) is 2.89. The van der Waals surface area contributed by atoms with E-state index in [4.69, 9.17) is 4.42 Å². The van der Waals surface area contributed by atoms with Gasteiger partial charge >= 0.3 is 0 Å². The molecule has 1 saturated heterocycles. The van der Waals surface area contributed by atoms with Gasteiger partial charge in [0.1, 0.15) is 0 Å². The summed E-state index contributed by atoms with van der Waals surface area (Å²) in [6.07, 6.45) is 6.29. The molecule has 3 rings (SSSR count). The van der Waals surface area contributed by atoms with Gasteiger partial charge in [0.15, 0.2) is 11.8 Å². The Morgan fingerprint density at radius 2 is 2.00 bits per heavy atom. The molecule has 1 aliphatic heterocycles. The number of rotatable bonds is 7. The zero-order chi connectivity index (χ0) is 16.8. The van der Waals surface area contributed by atoms with Gasteiger partial charge in [-0.1, -0.05) is 12.1 Å². The molecule has 5 heteroatoms. The Labute approximate surface area is 147 Å². The minimum Gasteiger partial charge on any atom is -0.463 e. The molecule has 128 valence electrons. The number of thioether (sulfide) groups is 1. The van der Waals surface area contributed by atoms with Crippen LogP contribution in [-0.4, -0.2) is 31.8 Å². The van der Waals surface area contributed by atoms with Gasteiger partial charge in [0, 0.05) is 24.2 Å². The molecule has 2 heterocycles. The van der Waals surface area contributed by atoms with E-state index in [1.165, 1.54) is 23.3 Å². The van der Waals surface area contributed by atoms with E-state index >= 15 is 0 Å². The first-order valence-corrected chi connectivity index (χ1v) is 9.91. The Bertz CT molecular complexity index is 634. The third-order valence-electron chi connectivity index (χ3n) is 4.62. The maximum atomic E-state index is 12.4. The second kappa shape index (κ2) is 8.40. The van der Waals surface area contributed by atoms with Gasteiger partial charge < -0.3 is 14.6 Å². The van der Waals surface area contributed by atoms with Crippen molar-refractivity contribution in [1.29, 1.82) is 0 Å². The average molecular weight is 345 g/mol. The number of hydrogen-bond donors (Lipinski definition) is 2. The Kier molecular flexibility index (Phi) is 5.99. The number of amides is 1. The monoisotopic (exact) mass is 345 g/mol. The molecule has 0 saturated carbocycles. The molecule has 2 aromatic rings. The molecule has 24 heavy (non-hydrogen) atoms. The lowest BCUT2D eigenvalue weighted by Gasteiger charge is -2.23. The van der Waals surface area contributed by atoms with Crippen molar-refractivity contribution in [2.45, 2.75) is 24.6 Å². The molecule has 0 radical (unpaired) electrons. The summed E-state index contributed by atoms with van der Waals surface area (Å²) < 4.78 is 5.61. The fourth-order valence-electron chi connectivity index (χ4n) is 3.33. The van der Waals surface area contributed by atoms with Crippen LogP contribution < -0.4 is 10.2 Å². The van der Waals surface area contributed by atoms with Crippen LogP contribution in [0.15, 0.2) is 47.1 Å². The van der Waals surface area contributed by atoms with Gasteiger partial charge in [-0.2, -0.15) is 11.8 Å². The highest BCUT2D eigenvalue weighted by Crippen LogP contribution is 2.13. The van der Waals surface area contributed by atoms with Gasteiger partial charge in [-0.25, -0.2) is 0 Å². The molecule has 4 nitrogen and oxygen atoms in total. The molecular formula is C19H25N2O2S+. The van der Waals surface area contributed by atoms with Crippen LogP contribution in [0.1, 0.15) is 40.6 Å². The molecule has 2 N–H and O–H groups in total. The lowest BCUT2D eigenvalue weighted by molar-refractivity contribution is -0.919. The number of carbonyl (C=O) groups is 1. The van der Waals surface area contributed by atoms with Crippen molar-refractivity contribution >= 4 is 17.7 Å². The van der Waals surface area contributed by atoms with Crippen LogP contribution in [0, 0.1) is 0 Å². The van der Waals surface area contributed by atoms with Crippen molar-refractivity contribution < 1.29 is 14.1 Å². The zero-order valence-electron chi connectivity index (χ0n) is 14.1. The third-order valence-corrected chi connectivity index (χ3v) is 5.24. The van der Waals surface area contributed by atoms with E-state index in [1.807, 2.05) is 36.4 Å². The smallest absolute Gasteiger partial charge is 0.251 e. The number of quaternary nitrogens is 1. The highest BCUT2D eigenvalue weighted by Gasteiger charge is 2.29. The predicted octanol–water partition coefficient (Wildman–Crippen LogP) is 2.29. The summed E-state index contributed by atoms with van der Waals surface area (Å²) >= 11 is 1.78. The van der Waals surface area contributed by atoms with E-state index in [9.17, 15) is 4.79 Å². The van der Waals surface area contributed by atoms with E-state index in [0.717, 1.165) is 30.2 Å². The minimum atomic E-state index is -0.0131. The van der Waals surface area contributed by atoms with Crippen LogP contribution in [-0.2, 0) is 5.75 Å². The maximum absolute atomic E-state index is 12.4. The summed E-state index contributed by atoms with van der Waals surface area (Å²) in [4.78, 5) is 13.9. The second-order valence-electron chi connectivity index (χ2n) is 6.27. The van der Waals surface area contributed by atoms with Crippen molar-refractivity contribution in [3.05, 3.63) is 59.5 Å². The Morgan fingerprint density at radius 3 is 2.62 bits per heavy atom. The van der Waals surface area contributed by atoms with Gasteiger partial charge in [-0.3, -0.25) is 4.79 Å². The Morgan fingerprint density at radius 1 is 1.25 bits per heavy atom. The zero-order valence-corrected chi connectivity index (χ0v) is 14.9. The molecular weight excluding hydrogens is 320 g/mol. The van der Waals surface area contributed by atoms with Crippen molar-refractivity contribution in [2.75, 3.05) is 25.9 Å². The molecule has 0 unspecified atom stereocenters. The van der Waals surface area contributed by atoms with Crippen molar-refractivity contribution in [1.82, 2.24) is 5.32 Å². The lowest BCUT2D eigenvalue weighted by atomic mass is 10.1. The van der Waals surface area contributed by atoms with Crippen molar-refractivity contribution in [3.63, 3.8) is 0 Å². The molecule has 1 aromatic heterocycles. The second-order valence-corrected chi connectivity index (χ2v) is 7.14. The molecule has 0 bridgehead atoms. The number of likely N-dealkylation sites (tertiary alicyclic amines) is 1. The summed E-state index contributed by atoms with van der Waals surface area (Å²) in [7, 11) is 0. The van der Waals surface area contributed by atoms with Crippen molar-refractivity contribution in [2.24, 2.45) is 0 Å². The molecule has 1 amide bonds. The highest BCUT2D eigenvalue weighted by molar-refractivity contribution is 7.97. The van der Waals surface area contributed by atoms with Crippen LogP contribution in [0.25, 0.3) is 0 Å². The topological polar surface area (TPSA) is 46.7 Å². The number of benzene rings is 1. The van der Waals surface area contributed by atoms with Gasteiger partial charge in [0.2, 0.25) is 0 Å². The summed E-state index contributed by atoms with van der Waals surface area (Å²) in [5.41, 5.74) is 1.96. The highest BCUT2D eigenvalue weighted by atomic mass is 32.2. The number of hydrogen-bond acceptors (Lipinski definition) is 3. The fourth-order valence-corrected chi connectivity index (χ4v) is 3.85. The van der Waals surface area contributed by atoms with E-state index < -0.39 is 0 Å². The van der Waals surface area contributed by atoms with Gasteiger partial charge in [0.25, 0.3) is 5.91 Å². The van der Waals surface area contributed by atoms with Crippen LogP contribution in [0.3, 0.4) is 0 Å². The largest absolute Gasteiger partial charge is 0.463 e. The van der Waals surface area contributed by atoms with E-state index in [1.54, 1.807) is 18.0 Å². The maximum Gasteiger partial charge on any atom is 0.251 e. The van der Waals surface area contributed by atoms with Gasteiger partial charge in [-0.15, -0.1) is 0 Å². The molecule has 0 aliphatic carbocycles. The molecule has 1 aliphatic rings. The van der Waals surface area contributed by atoms with Crippen molar-refractivity contribution in [3.8, 4) is 0 Å². The average Bonchev–Trinajstić information content (AvgIpc) is 3.30. The number of nitrogens with one attached hydrogen (secondary N) is 2. The molecule has 1 atom stereocenters. The lowest BCUT2D eigenvalue weighted by Crippen LogP contribution is -3.11. The van der Waals surface area contributed by atoms with E-state index in [0.29, 0.717) is 6.54 Å². The SMILES string of the molecule is CSCc1ccc(C(=O)NC[C@@H](c2ccco2)[NH+]2CCCC2)cc1.